The number of esters is 2. The number of hydrogen-bond acceptors (Lipinski definition) is 4. The van der Waals surface area contributed by atoms with Crippen molar-refractivity contribution in [3.63, 3.8) is 0 Å². The molecule has 0 bridgehead atoms. The van der Waals surface area contributed by atoms with Gasteiger partial charge in [0.15, 0.2) is 5.41 Å². The standard InChI is InChI=1S/C17H26O4/c1-7-8-11-17(15(18)20-5,16(19)21-6)12-9-10-14(4)13(2)3/h7,9-10,13H,1,4,8,11-12H2,2-3,5-6H3/b10-9+. The molecular formula is C17H26O4. The second-order valence-electron chi connectivity index (χ2n) is 5.23. The van der Waals surface area contributed by atoms with Gasteiger partial charge in [-0.25, -0.2) is 0 Å². The third kappa shape index (κ3) is 5.21. The zero-order chi connectivity index (χ0) is 16.5. The van der Waals surface area contributed by atoms with E-state index in [1.165, 1.54) is 14.2 Å². The first-order chi connectivity index (χ1) is 9.85. The minimum absolute atomic E-state index is 0.214. The third-order valence-electron chi connectivity index (χ3n) is 3.47. The van der Waals surface area contributed by atoms with E-state index in [2.05, 4.69) is 13.2 Å². The van der Waals surface area contributed by atoms with Crippen molar-refractivity contribution in [3.05, 3.63) is 37.0 Å². The Morgan fingerprint density at radius 3 is 2.10 bits per heavy atom. The van der Waals surface area contributed by atoms with Gasteiger partial charge >= 0.3 is 11.9 Å². The Kier molecular flexibility index (Phi) is 8.36. The van der Waals surface area contributed by atoms with Gasteiger partial charge in [-0.3, -0.25) is 9.59 Å². The summed E-state index contributed by atoms with van der Waals surface area (Å²) in [5.74, 6) is -0.868. The van der Waals surface area contributed by atoms with Crippen LogP contribution < -0.4 is 0 Å². The lowest BCUT2D eigenvalue weighted by atomic mass is 9.79. The van der Waals surface area contributed by atoms with E-state index in [-0.39, 0.29) is 6.42 Å². The van der Waals surface area contributed by atoms with Gasteiger partial charge in [-0.2, -0.15) is 0 Å². The van der Waals surface area contributed by atoms with Crippen molar-refractivity contribution < 1.29 is 19.1 Å². The van der Waals surface area contributed by atoms with Crippen LogP contribution in [0.1, 0.15) is 33.1 Å². The lowest BCUT2D eigenvalue weighted by Gasteiger charge is -2.26. The van der Waals surface area contributed by atoms with Gasteiger partial charge in [0.05, 0.1) is 14.2 Å². The summed E-state index contributed by atoms with van der Waals surface area (Å²) in [6.45, 7) is 11.6. The number of methoxy groups -OCH3 is 2. The molecule has 0 amide bonds. The van der Waals surface area contributed by atoms with Crippen molar-refractivity contribution in [1.82, 2.24) is 0 Å². The van der Waals surface area contributed by atoms with Crippen LogP contribution in [0.3, 0.4) is 0 Å². The Morgan fingerprint density at radius 1 is 1.19 bits per heavy atom. The van der Waals surface area contributed by atoms with Crippen LogP contribution in [0.15, 0.2) is 37.0 Å². The first-order valence-corrected chi connectivity index (χ1v) is 6.98. The highest BCUT2D eigenvalue weighted by Crippen LogP contribution is 2.33. The molecule has 0 atom stereocenters. The molecule has 118 valence electrons. The van der Waals surface area contributed by atoms with Crippen LogP contribution in [0, 0.1) is 11.3 Å². The maximum Gasteiger partial charge on any atom is 0.323 e. The number of ether oxygens (including phenoxy) is 2. The molecule has 0 aromatic rings. The van der Waals surface area contributed by atoms with E-state index >= 15 is 0 Å². The molecular weight excluding hydrogens is 268 g/mol. The first kappa shape index (κ1) is 19.2. The lowest BCUT2D eigenvalue weighted by Crippen LogP contribution is -2.41. The average Bonchev–Trinajstić information content (AvgIpc) is 2.48. The number of hydrogen-bond donors (Lipinski definition) is 0. The van der Waals surface area contributed by atoms with Crippen molar-refractivity contribution in [2.45, 2.75) is 33.1 Å². The molecule has 0 fully saturated rings. The zero-order valence-electron chi connectivity index (χ0n) is 13.5. The molecule has 21 heavy (non-hydrogen) atoms. The van der Waals surface area contributed by atoms with Crippen LogP contribution in [0.4, 0.5) is 0 Å². The van der Waals surface area contributed by atoms with Gasteiger partial charge in [-0.1, -0.05) is 44.2 Å². The molecule has 4 nitrogen and oxygen atoms in total. The summed E-state index contributed by atoms with van der Waals surface area (Å²) in [6, 6.07) is 0. The highest BCUT2D eigenvalue weighted by molar-refractivity contribution is 6.00. The molecule has 0 saturated heterocycles. The van der Waals surface area contributed by atoms with Crippen molar-refractivity contribution in [2.24, 2.45) is 11.3 Å². The van der Waals surface area contributed by atoms with E-state index in [1.54, 1.807) is 12.2 Å². The van der Waals surface area contributed by atoms with E-state index in [0.29, 0.717) is 18.8 Å². The summed E-state index contributed by atoms with van der Waals surface area (Å²) >= 11 is 0. The average molecular weight is 294 g/mol. The number of carbonyl (C=O) groups excluding carboxylic acids is 2. The number of allylic oxidation sites excluding steroid dienone is 4. The van der Waals surface area contributed by atoms with Crippen LogP contribution in [-0.4, -0.2) is 26.2 Å². The summed E-state index contributed by atoms with van der Waals surface area (Å²) in [5.41, 5.74) is -0.395. The Labute approximate surface area is 127 Å². The topological polar surface area (TPSA) is 52.6 Å². The first-order valence-electron chi connectivity index (χ1n) is 6.98. The molecule has 0 N–H and O–H groups in total. The van der Waals surface area contributed by atoms with E-state index in [1.807, 2.05) is 19.9 Å². The van der Waals surface area contributed by atoms with Crippen molar-refractivity contribution in [1.29, 1.82) is 0 Å². The van der Waals surface area contributed by atoms with Gasteiger partial charge in [-0.15, -0.1) is 6.58 Å². The van der Waals surface area contributed by atoms with Gasteiger partial charge in [0.2, 0.25) is 0 Å². The molecule has 0 rings (SSSR count). The van der Waals surface area contributed by atoms with Gasteiger partial charge in [0.25, 0.3) is 0 Å². The minimum Gasteiger partial charge on any atom is -0.468 e. The molecule has 0 heterocycles. The largest absolute Gasteiger partial charge is 0.468 e. The van der Waals surface area contributed by atoms with Gasteiger partial charge in [0.1, 0.15) is 0 Å². The number of rotatable bonds is 9. The summed E-state index contributed by atoms with van der Waals surface area (Å²) in [6.07, 6.45) is 6.30. The predicted octanol–water partition coefficient (Wildman–Crippen LogP) is 3.44. The number of carbonyl (C=O) groups is 2. The highest BCUT2D eigenvalue weighted by atomic mass is 16.5. The summed E-state index contributed by atoms with van der Waals surface area (Å²) in [4.78, 5) is 24.3. The van der Waals surface area contributed by atoms with Crippen molar-refractivity contribution in [3.8, 4) is 0 Å². The minimum atomic E-state index is -1.33. The molecule has 0 radical (unpaired) electrons. The monoisotopic (exact) mass is 294 g/mol. The fourth-order valence-electron chi connectivity index (χ4n) is 1.90. The molecule has 0 aliphatic rings. The molecule has 0 saturated carbocycles. The maximum atomic E-state index is 12.1. The van der Waals surface area contributed by atoms with Crippen molar-refractivity contribution in [2.75, 3.05) is 14.2 Å². The second-order valence-corrected chi connectivity index (χ2v) is 5.23. The van der Waals surface area contributed by atoms with E-state index in [4.69, 9.17) is 9.47 Å². The second kappa shape index (κ2) is 9.16. The van der Waals surface area contributed by atoms with E-state index < -0.39 is 17.4 Å². The molecule has 0 spiro atoms. The van der Waals surface area contributed by atoms with Gasteiger partial charge in [0, 0.05) is 0 Å². The van der Waals surface area contributed by atoms with E-state index in [0.717, 1.165) is 5.57 Å². The van der Waals surface area contributed by atoms with Gasteiger partial charge in [-0.05, 0) is 25.2 Å². The SMILES string of the molecule is C=CCCC(C/C=C/C(=C)C(C)C)(C(=O)OC)C(=O)OC. The van der Waals surface area contributed by atoms with Crippen LogP contribution in [0.2, 0.25) is 0 Å². The normalized spacial score (nSPS) is 11.5. The summed E-state index contributed by atoms with van der Waals surface area (Å²) in [5, 5.41) is 0. The summed E-state index contributed by atoms with van der Waals surface area (Å²) < 4.78 is 9.62. The molecule has 4 heteroatoms. The Morgan fingerprint density at radius 2 is 1.71 bits per heavy atom. The smallest absolute Gasteiger partial charge is 0.323 e. The third-order valence-corrected chi connectivity index (χ3v) is 3.47. The van der Waals surface area contributed by atoms with E-state index in [9.17, 15) is 9.59 Å². The fourth-order valence-corrected chi connectivity index (χ4v) is 1.90. The maximum absolute atomic E-state index is 12.1. The molecule has 0 aromatic heterocycles. The van der Waals surface area contributed by atoms with Crippen LogP contribution >= 0.6 is 0 Å². The zero-order valence-corrected chi connectivity index (χ0v) is 13.5. The Bertz CT molecular complexity index is 403. The van der Waals surface area contributed by atoms with Gasteiger partial charge < -0.3 is 9.47 Å². The highest BCUT2D eigenvalue weighted by Gasteiger charge is 2.46. The predicted molar refractivity (Wildman–Crippen MR) is 83.6 cm³/mol. The molecule has 0 aliphatic heterocycles. The Hall–Kier alpha value is -1.84. The summed E-state index contributed by atoms with van der Waals surface area (Å²) in [7, 11) is 2.54. The van der Waals surface area contributed by atoms with Crippen molar-refractivity contribution >= 4 is 11.9 Å². The molecule has 0 aliphatic carbocycles. The fraction of sp³-hybridized carbons (Fsp3) is 0.529. The van der Waals surface area contributed by atoms with Crippen LogP contribution in [0.25, 0.3) is 0 Å². The Balaban J connectivity index is 5.35. The molecule has 0 unspecified atom stereocenters. The lowest BCUT2D eigenvalue weighted by molar-refractivity contribution is -0.169. The quantitative estimate of drug-likeness (QED) is 0.283. The molecule has 0 aromatic carbocycles. The van der Waals surface area contributed by atoms with Crippen LogP contribution in [-0.2, 0) is 19.1 Å². The van der Waals surface area contributed by atoms with Crippen LogP contribution in [0.5, 0.6) is 0 Å².